The molecule has 1 aromatic rings. The van der Waals surface area contributed by atoms with Crippen LogP contribution in [0.1, 0.15) is 51.5 Å². The molecule has 0 bridgehead atoms. The molecule has 136 valence electrons. The van der Waals surface area contributed by atoms with Gasteiger partial charge in [-0.05, 0) is 43.0 Å². The molecule has 0 heterocycles. The molecule has 0 aliphatic heterocycles. The summed E-state index contributed by atoms with van der Waals surface area (Å²) in [6, 6.07) is 10.4. The van der Waals surface area contributed by atoms with E-state index in [9.17, 15) is 0 Å². The van der Waals surface area contributed by atoms with Gasteiger partial charge in [-0.25, -0.2) is 0 Å². The van der Waals surface area contributed by atoms with E-state index in [4.69, 9.17) is 17.0 Å². The lowest BCUT2D eigenvalue weighted by molar-refractivity contribution is 0.0927. The van der Waals surface area contributed by atoms with Crippen molar-refractivity contribution in [3.8, 4) is 0 Å². The van der Waals surface area contributed by atoms with E-state index in [0.29, 0.717) is 0 Å². The van der Waals surface area contributed by atoms with Gasteiger partial charge >= 0.3 is 0 Å². The zero-order valence-electron chi connectivity index (χ0n) is 15.4. The van der Waals surface area contributed by atoms with Crippen LogP contribution in [0.15, 0.2) is 30.3 Å². The number of ether oxygens (including phenoxy) is 1. The van der Waals surface area contributed by atoms with Crippen LogP contribution in [0.25, 0.3) is 0 Å². The molecule has 0 radical (unpaired) electrons. The van der Waals surface area contributed by atoms with Gasteiger partial charge < -0.3 is 15.4 Å². The van der Waals surface area contributed by atoms with Crippen LogP contribution in [0.3, 0.4) is 0 Å². The lowest BCUT2D eigenvalue weighted by Gasteiger charge is -2.15. The van der Waals surface area contributed by atoms with Crippen LogP contribution >= 0.6 is 12.2 Å². The van der Waals surface area contributed by atoms with E-state index in [2.05, 4.69) is 48.7 Å². The van der Waals surface area contributed by atoms with Gasteiger partial charge in [-0.1, -0.05) is 63.4 Å². The van der Waals surface area contributed by atoms with Crippen molar-refractivity contribution in [1.82, 2.24) is 10.6 Å². The van der Waals surface area contributed by atoms with Crippen LogP contribution in [-0.4, -0.2) is 31.4 Å². The van der Waals surface area contributed by atoms with Gasteiger partial charge in [0.15, 0.2) is 5.11 Å². The van der Waals surface area contributed by atoms with Gasteiger partial charge in [0, 0.05) is 26.3 Å². The van der Waals surface area contributed by atoms with Crippen LogP contribution < -0.4 is 10.6 Å². The molecule has 0 saturated heterocycles. The van der Waals surface area contributed by atoms with Gasteiger partial charge in [-0.2, -0.15) is 0 Å². The fourth-order valence-electron chi connectivity index (χ4n) is 2.55. The first-order valence-electron chi connectivity index (χ1n) is 9.39. The molecule has 3 nitrogen and oxygen atoms in total. The Bertz CT molecular complexity index is 425. The third-order valence-electron chi connectivity index (χ3n) is 4.19. The number of rotatable bonds is 13. The fourth-order valence-corrected chi connectivity index (χ4v) is 2.76. The molecule has 0 aliphatic carbocycles. The van der Waals surface area contributed by atoms with Gasteiger partial charge in [0.1, 0.15) is 0 Å². The van der Waals surface area contributed by atoms with E-state index in [1.54, 1.807) is 0 Å². The average Bonchev–Trinajstić information content (AvgIpc) is 2.61. The predicted molar refractivity (Wildman–Crippen MR) is 107 cm³/mol. The lowest BCUT2D eigenvalue weighted by atomic mass is 10.0. The highest BCUT2D eigenvalue weighted by molar-refractivity contribution is 7.80. The second kappa shape index (κ2) is 14.2. The Balaban J connectivity index is 1.95. The number of hydrogen-bond donors (Lipinski definition) is 2. The van der Waals surface area contributed by atoms with Gasteiger partial charge in [-0.15, -0.1) is 0 Å². The number of unbranched alkanes of at least 4 members (excludes halogenated alkanes) is 1. The minimum atomic E-state index is 0.721. The van der Waals surface area contributed by atoms with E-state index in [0.717, 1.165) is 50.2 Å². The summed E-state index contributed by atoms with van der Waals surface area (Å²) in [6.45, 7) is 7.93. The zero-order chi connectivity index (χ0) is 17.5. The molecule has 0 saturated carbocycles. The van der Waals surface area contributed by atoms with Crippen molar-refractivity contribution in [2.24, 2.45) is 5.92 Å². The first-order valence-corrected chi connectivity index (χ1v) is 9.80. The van der Waals surface area contributed by atoms with E-state index in [1.807, 2.05) is 6.07 Å². The maximum atomic E-state index is 5.80. The maximum Gasteiger partial charge on any atom is 0.166 e. The Morgan fingerprint density at radius 1 is 1.08 bits per heavy atom. The molecule has 1 unspecified atom stereocenters. The van der Waals surface area contributed by atoms with Gasteiger partial charge in [-0.3, -0.25) is 0 Å². The number of hydrogen-bond acceptors (Lipinski definition) is 2. The van der Waals surface area contributed by atoms with Gasteiger partial charge in [0.2, 0.25) is 0 Å². The third-order valence-corrected chi connectivity index (χ3v) is 4.48. The molecule has 0 amide bonds. The topological polar surface area (TPSA) is 33.3 Å². The molecule has 1 atom stereocenters. The van der Waals surface area contributed by atoms with E-state index < -0.39 is 0 Å². The molecule has 4 heteroatoms. The average molecular weight is 351 g/mol. The Morgan fingerprint density at radius 2 is 1.83 bits per heavy atom. The molecule has 0 aromatic heterocycles. The molecule has 0 fully saturated rings. The highest BCUT2D eigenvalue weighted by Crippen LogP contribution is 2.12. The summed E-state index contributed by atoms with van der Waals surface area (Å²) in [5.74, 6) is 0.721. The monoisotopic (exact) mass is 350 g/mol. The summed E-state index contributed by atoms with van der Waals surface area (Å²) in [4.78, 5) is 0. The quantitative estimate of drug-likeness (QED) is 0.410. The van der Waals surface area contributed by atoms with Crippen molar-refractivity contribution < 1.29 is 4.74 Å². The largest absolute Gasteiger partial charge is 0.381 e. The molecule has 0 aliphatic rings. The van der Waals surface area contributed by atoms with E-state index in [1.165, 1.54) is 31.2 Å². The first-order chi connectivity index (χ1) is 11.8. The third kappa shape index (κ3) is 10.6. The van der Waals surface area contributed by atoms with Gasteiger partial charge in [0.05, 0.1) is 0 Å². The van der Waals surface area contributed by atoms with Crippen LogP contribution in [0.2, 0.25) is 0 Å². The normalized spacial score (nSPS) is 11.9. The summed E-state index contributed by atoms with van der Waals surface area (Å²) in [5.41, 5.74) is 1.33. The Kier molecular flexibility index (Phi) is 12.4. The Labute approximate surface area is 153 Å². The summed E-state index contributed by atoms with van der Waals surface area (Å²) in [6.07, 6.45) is 7.07. The standard InChI is InChI=1S/C20H34N2OS/c1-3-5-10-18(4-2)17-23-16-9-14-21-20(24)22-15-13-19-11-7-6-8-12-19/h6-8,11-12,18H,3-5,9-10,13-17H2,1-2H3,(H2,21,22,24). The second-order valence-corrected chi connectivity index (χ2v) is 6.67. The zero-order valence-corrected chi connectivity index (χ0v) is 16.2. The maximum absolute atomic E-state index is 5.80. The summed E-state index contributed by atoms with van der Waals surface area (Å²) in [7, 11) is 0. The van der Waals surface area contributed by atoms with E-state index >= 15 is 0 Å². The fraction of sp³-hybridized carbons (Fsp3) is 0.650. The molecular formula is C20H34N2OS. The van der Waals surface area contributed by atoms with Crippen molar-refractivity contribution in [2.45, 2.75) is 52.4 Å². The number of nitrogens with one attached hydrogen (secondary N) is 2. The van der Waals surface area contributed by atoms with E-state index in [-0.39, 0.29) is 0 Å². The van der Waals surface area contributed by atoms with Crippen LogP contribution in [-0.2, 0) is 11.2 Å². The highest BCUT2D eigenvalue weighted by Gasteiger charge is 2.05. The van der Waals surface area contributed by atoms with Crippen LogP contribution in [0.5, 0.6) is 0 Å². The molecule has 1 aromatic carbocycles. The summed E-state index contributed by atoms with van der Waals surface area (Å²) in [5, 5.41) is 7.23. The molecule has 0 spiro atoms. The van der Waals surface area contributed by atoms with Crippen molar-refractivity contribution in [2.75, 3.05) is 26.3 Å². The van der Waals surface area contributed by atoms with Gasteiger partial charge in [0.25, 0.3) is 0 Å². The minimum Gasteiger partial charge on any atom is -0.381 e. The van der Waals surface area contributed by atoms with Crippen molar-refractivity contribution in [3.63, 3.8) is 0 Å². The van der Waals surface area contributed by atoms with Crippen molar-refractivity contribution in [1.29, 1.82) is 0 Å². The van der Waals surface area contributed by atoms with Crippen LogP contribution in [0, 0.1) is 5.92 Å². The molecule has 2 N–H and O–H groups in total. The minimum absolute atomic E-state index is 0.721. The summed E-state index contributed by atoms with van der Waals surface area (Å²) >= 11 is 5.29. The highest BCUT2D eigenvalue weighted by atomic mass is 32.1. The van der Waals surface area contributed by atoms with Crippen molar-refractivity contribution in [3.05, 3.63) is 35.9 Å². The SMILES string of the molecule is CCCCC(CC)COCCCNC(=S)NCCc1ccccc1. The Morgan fingerprint density at radius 3 is 2.54 bits per heavy atom. The van der Waals surface area contributed by atoms with Crippen molar-refractivity contribution >= 4 is 17.3 Å². The molecular weight excluding hydrogens is 316 g/mol. The predicted octanol–water partition coefficient (Wildman–Crippen LogP) is 4.32. The lowest BCUT2D eigenvalue weighted by Crippen LogP contribution is -2.37. The Hall–Kier alpha value is -1.13. The number of benzene rings is 1. The first kappa shape index (κ1) is 20.9. The van der Waals surface area contributed by atoms with Crippen LogP contribution in [0.4, 0.5) is 0 Å². The molecule has 24 heavy (non-hydrogen) atoms. The second-order valence-electron chi connectivity index (χ2n) is 6.26. The number of thiocarbonyl (C=S) groups is 1. The molecule has 1 rings (SSSR count). The smallest absolute Gasteiger partial charge is 0.166 e. The summed E-state index contributed by atoms with van der Waals surface area (Å²) < 4.78 is 5.80.